The SMILES string of the molecule is CC1CCC2CC=CC12. The zero-order valence-corrected chi connectivity index (χ0v) is 6.01. The number of fused-ring (bicyclic) bond motifs is 1. The van der Waals surface area contributed by atoms with Gasteiger partial charge in [-0.15, -0.1) is 0 Å². The lowest BCUT2D eigenvalue weighted by molar-refractivity contribution is 0.428. The quantitative estimate of drug-likeness (QED) is 0.433. The molecule has 50 valence electrons. The van der Waals surface area contributed by atoms with E-state index in [4.69, 9.17) is 0 Å². The summed E-state index contributed by atoms with van der Waals surface area (Å²) in [4.78, 5) is 0. The molecule has 0 aromatic heterocycles. The number of hydrogen-bond donors (Lipinski definition) is 0. The molecule has 2 aliphatic rings. The summed E-state index contributed by atoms with van der Waals surface area (Å²) < 4.78 is 0. The van der Waals surface area contributed by atoms with E-state index in [0.29, 0.717) is 0 Å². The van der Waals surface area contributed by atoms with E-state index in [2.05, 4.69) is 19.1 Å². The Bertz CT molecular complexity index is 135. The molecule has 2 rings (SSSR count). The lowest BCUT2D eigenvalue weighted by Crippen LogP contribution is -2.04. The Kier molecular flexibility index (Phi) is 1.14. The summed E-state index contributed by atoms with van der Waals surface area (Å²) in [5.41, 5.74) is 0. The second-order valence-corrected chi connectivity index (χ2v) is 3.56. The van der Waals surface area contributed by atoms with Crippen molar-refractivity contribution in [2.24, 2.45) is 17.8 Å². The summed E-state index contributed by atoms with van der Waals surface area (Å²) in [6.45, 7) is 2.39. The van der Waals surface area contributed by atoms with Crippen molar-refractivity contribution in [3.63, 3.8) is 0 Å². The monoisotopic (exact) mass is 122 g/mol. The predicted octanol–water partition coefficient (Wildman–Crippen LogP) is 2.61. The topological polar surface area (TPSA) is 0 Å². The molecule has 3 unspecified atom stereocenters. The third-order valence-corrected chi connectivity index (χ3v) is 2.99. The van der Waals surface area contributed by atoms with Crippen LogP contribution in [-0.4, -0.2) is 0 Å². The first-order chi connectivity index (χ1) is 4.38. The average molecular weight is 122 g/mol. The Morgan fingerprint density at radius 3 is 3.00 bits per heavy atom. The molecule has 3 atom stereocenters. The summed E-state index contributed by atoms with van der Waals surface area (Å²) >= 11 is 0. The molecular formula is C9H14. The summed E-state index contributed by atoms with van der Waals surface area (Å²) in [6, 6.07) is 0. The Balaban J connectivity index is 2.15. The fourth-order valence-electron chi connectivity index (χ4n) is 2.36. The Morgan fingerprint density at radius 1 is 1.33 bits per heavy atom. The summed E-state index contributed by atoms with van der Waals surface area (Å²) in [7, 11) is 0. The van der Waals surface area contributed by atoms with Crippen molar-refractivity contribution in [1.29, 1.82) is 0 Å². The molecule has 2 aliphatic carbocycles. The molecule has 0 nitrogen and oxygen atoms in total. The highest BCUT2D eigenvalue weighted by atomic mass is 14.4. The molecule has 0 bridgehead atoms. The highest BCUT2D eigenvalue weighted by molar-refractivity contribution is 5.05. The fraction of sp³-hybridized carbons (Fsp3) is 0.778. The van der Waals surface area contributed by atoms with Crippen LogP contribution in [0.4, 0.5) is 0 Å². The third-order valence-electron chi connectivity index (χ3n) is 2.99. The highest BCUT2D eigenvalue weighted by Gasteiger charge is 2.32. The van der Waals surface area contributed by atoms with Gasteiger partial charge in [0.2, 0.25) is 0 Å². The van der Waals surface area contributed by atoms with Crippen molar-refractivity contribution in [3.8, 4) is 0 Å². The van der Waals surface area contributed by atoms with Crippen molar-refractivity contribution < 1.29 is 0 Å². The van der Waals surface area contributed by atoms with E-state index in [9.17, 15) is 0 Å². The maximum absolute atomic E-state index is 2.43. The van der Waals surface area contributed by atoms with Gasteiger partial charge in [0.15, 0.2) is 0 Å². The van der Waals surface area contributed by atoms with Crippen LogP contribution >= 0.6 is 0 Å². The highest BCUT2D eigenvalue weighted by Crippen LogP contribution is 2.43. The van der Waals surface area contributed by atoms with E-state index in [1.807, 2.05) is 0 Å². The molecule has 0 amide bonds. The van der Waals surface area contributed by atoms with E-state index in [-0.39, 0.29) is 0 Å². The van der Waals surface area contributed by atoms with Crippen LogP contribution in [0, 0.1) is 17.8 Å². The van der Waals surface area contributed by atoms with Gasteiger partial charge in [-0.3, -0.25) is 0 Å². The predicted molar refractivity (Wildman–Crippen MR) is 39.1 cm³/mol. The minimum atomic E-state index is 0.963. The zero-order chi connectivity index (χ0) is 6.27. The Morgan fingerprint density at radius 2 is 2.22 bits per heavy atom. The molecule has 9 heavy (non-hydrogen) atoms. The Labute approximate surface area is 57.0 Å². The summed E-state index contributed by atoms with van der Waals surface area (Å²) in [6.07, 6.45) is 9.13. The molecule has 0 spiro atoms. The lowest BCUT2D eigenvalue weighted by atomic mass is 9.94. The molecule has 0 N–H and O–H groups in total. The van der Waals surface area contributed by atoms with Gasteiger partial charge in [0.05, 0.1) is 0 Å². The van der Waals surface area contributed by atoms with Crippen LogP contribution < -0.4 is 0 Å². The lowest BCUT2D eigenvalue weighted by Gasteiger charge is -2.10. The minimum Gasteiger partial charge on any atom is -0.0879 e. The molecule has 1 saturated carbocycles. The standard InChI is InChI=1S/C9H14/c1-7-5-6-8-3-2-4-9(7)8/h2,4,7-9H,3,5-6H2,1H3. The summed E-state index contributed by atoms with van der Waals surface area (Å²) in [5, 5.41) is 0. The maximum atomic E-state index is 2.43. The first-order valence-electron chi connectivity index (χ1n) is 4.04. The zero-order valence-electron chi connectivity index (χ0n) is 6.01. The molecule has 0 aliphatic heterocycles. The van der Waals surface area contributed by atoms with Gasteiger partial charge in [-0.25, -0.2) is 0 Å². The van der Waals surface area contributed by atoms with E-state index < -0.39 is 0 Å². The van der Waals surface area contributed by atoms with Gasteiger partial charge < -0.3 is 0 Å². The maximum Gasteiger partial charge on any atom is -0.0176 e. The van der Waals surface area contributed by atoms with Gasteiger partial charge >= 0.3 is 0 Å². The molecule has 0 aromatic rings. The second kappa shape index (κ2) is 1.86. The second-order valence-electron chi connectivity index (χ2n) is 3.56. The third kappa shape index (κ3) is 0.726. The van der Waals surface area contributed by atoms with Crippen LogP contribution in [0.3, 0.4) is 0 Å². The van der Waals surface area contributed by atoms with Gasteiger partial charge in [0.1, 0.15) is 0 Å². The van der Waals surface area contributed by atoms with E-state index in [1.165, 1.54) is 19.3 Å². The van der Waals surface area contributed by atoms with Crippen LogP contribution in [0.15, 0.2) is 12.2 Å². The van der Waals surface area contributed by atoms with Gasteiger partial charge in [-0.1, -0.05) is 19.1 Å². The van der Waals surface area contributed by atoms with Gasteiger partial charge in [0.25, 0.3) is 0 Å². The minimum absolute atomic E-state index is 0.963. The van der Waals surface area contributed by atoms with Gasteiger partial charge in [-0.2, -0.15) is 0 Å². The summed E-state index contributed by atoms with van der Waals surface area (Å²) in [5.74, 6) is 2.98. The first kappa shape index (κ1) is 5.52. The molecule has 0 heterocycles. The normalized spacial score (nSPS) is 47.9. The van der Waals surface area contributed by atoms with Crippen LogP contribution in [0.5, 0.6) is 0 Å². The van der Waals surface area contributed by atoms with Crippen molar-refractivity contribution in [2.45, 2.75) is 26.2 Å². The van der Waals surface area contributed by atoms with Crippen molar-refractivity contribution in [1.82, 2.24) is 0 Å². The number of hydrogen-bond acceptors (Lipinski definition) is 0. The van der Waals surface area contributed by atoms with Crippen LogP contribution in [-0.2, 0) is 0 Å². The van der Waals surface area contributed by atoms with Crippen molar-refractivity contribution in [3.05, 3.63) is 12.2 Å². The smallest absolute Gasteiger partial charge is 0.0176 e. The molecule has 0 heteroatoms. The molecule has 0 aromatic carbocycles. The van der Waals surface area contributed by atoms with E-state index in [1.54, 1.807) is 0 Å². The molecule has 1 fully saturated rings. The molecular weight excluding hydrogens is 108 g/mol. The Hall–Kier alpha value is -0.260. The van der Waals surface area contributed by atoms with Crippen LogP contribution in [0.2, 0.25) is 0 Å². The van der Waals surface area contributed by atoms with Gasteiger partial charge in [-0.05, 0) is 37.0 Å². The van der Waals surface area contributed by atoms with Crippen molar-refractivity contribution in [2.75, 3.05) is 0 Å². The largest absolute Gasteiger partial charge is 0.0879 e. The fourth-order valence-corrected chi connectivity index (χ4v) is 2.36. The molecule has 0 radical (unpaired) electrons. The van der Waals surface area contributed by atoms with Crippen LogP contribution in [0.1, 0.15) is 26.2 Å². The average Bonchev–Trinajstić information content (AvgIpc) is 2.35. The van der Waals surface area contributed by atoms with E-state index in [0.717, 1.165) is 17.8 Å². The molecule has 0 saturated heterocycles. The van der Waals surface area contributed by atoms with E-state index >= 15 is 0 Å². The van der Waals surface area contributed by atoms with Crippen LogP contribution in [0.25, 0.3) is 0 Å². The number of allylic oxidation sites excluding steroid dienone is 2. The van der Waals surface area contributed by atoms with Crippen molar-refractivity contribution >= 4 is 0 Å². The first-order valence-corrected chi connectivity index (χ1v) is 4.04. The van der Waals surface area contributed by atoms with Gasteiger partial charge in [0, 0.05) is 0 Å². The number of rotatable bonds is 0.